The molecule has 0 unspecified atom stereocenters. The number of halogens is 1. The maximum absolute atomic E-state index is 3.60. The Morgan fingerprint density at radius 1 is 0.773 bits per heavy atom. The van der Waals surface area contributed by atoms with Crippen LogP contribution >= 0.6 is 15.9 Å². The van der Waals surface area contributed by atoms with Gasteiger partial charge in [0, 0.05) is 23.2 Å². The van der Waals surface area contributed by atoms with E-state index in [2.05, 4.69) is 84.9 Å². The van der Waals surface area contributed by atoms with Crippen LogP contribution in [0.15, 0.2) is 40.9 Å². The first kappa shape index (κ1) is 15.4. The summed E-state index contributed by atoms with van der Waals surface area (Å²) in [7, 11) is 0. The number of aryl methyl sites for hydroxylation is 2. The van der Waals surface area contributed by atoms with Crippen molar-refractivity contribution in [3.8, 4) is 0 Å². The van der Waals surface area contributed by atoms with E-state index in [1.54, 1.807) is 0 Å². The van der Waals surface area contributed by atoms with Crippen molar-refractivity contribution in [3.05, 3.63) is 52.0 Å². The fraction of sp³-hybridized carbons (Fsp3) is 0.300. The van der Waals surface area contributed by atoms with Gasteiger partial charge in [0.1, 0.15) is 0 Å². The summed E-state index contributed by atoms with van der Waals surface area (Å²) < 4.78 is 1.14. The first-order valence-corrected chi connectivity index (χ1v) is 8.73. The summed E-state index contributed by atoms with van der Waals surface area (Å²) >= 11 is 3.60. The van der Waals surface area contributed by atoms with Gasteiger partial charge in [-0.3, -0.25) is 0 Å². The quantitative estimate of drug-likeness (QED) is 0.504. The number of rotatable bonds is 3. The van der Waals surface area contributed by atoms with Crippen LogP contribution in [0.2, 0.25) is 0 Å². The minimum Gasteiger partial charge on any atom is -0.372 e. The van der Waals surface area contributed by atoms with Crippen LogP contribution in [-0.2, 0) is 0 Å². The molecular formula is C20H22BrN. The third kappa shape index (κ3) is 2.40. The second-order valence-electron chi connectivity index (χ2n) is 5.84. The molecule has 0 aromatic heterocycles. The molecule has 0 saturated carbocycles. The van der Waals surface area contributed by atoms with E-state index in [0.29, 0.717) is 0 Å². The number of nitrogens with zero attached hydrogens (tertiary/aromatic N) is 1. The van der Waals surface area contributed by atoms with E-state index < -0.39 is 0 Å². The van der Waals surface area contributed by atoms with Crippen LogP contribution in [0.1, 0.15) is 25.0 Å². The van der Waals surface area contributed by atoms with Gasteiger partial charge in [-0.05, 0) is 84.6 Å². The number of fused-ring (bicyclic) bond motifs is 2. The Morgan fingerprint density at radius 2 is 1.32 bits per heavy atom. The van der Waals surface area contributed by atoms with Gasteiger partial charge in [-0.15, -0.1) is 0 Å². The van der Waals surface area contributed by atoms with E-state index in [1.165, 1.54) is 38.4 Å². The molecule has 0 aliphatic heterocycles. The summed E-state index contributed by atoms with van der Waals surface area (Å²) in [5, 5.41) is 5.43. The van der Waals surface area contributed by atoms with Crippen LogP contribution < -0.4 is 4.90 Å². The first-order chi connectivity index (χ1) is 10.6. The molecule has 0 fully saturated rings. The van der Waals surface area contributed by atoms with E-state index in [-0.39, 0.29) is 0 Å². The lowest BCUT2D eigenvalue weighted by molar-refractivity contribution is 0.867. The van der Waals surface area contributed by atoms with Gasteiger partial charge < -0.3 is 4.90 Å². The minimum atomic E-state index is 1.04. The molecule has 0 aliphatic rings. The van der Waals surface area contributed by atoms with Gasteiger partial charge in [0.2, 0.25) is 0 Å². The smallest absolute Gasteiger partial charge is 0.0372 e. The van der Waals surface area contributed by atoms with Gasteiger partial charge in [-0.25, -0.2) is 0 Å². The second kappa shape index (κ2) is 5.92. The summed E-state index contributed by atoms with van der Waals surface area (Å²) in [4.78, 5) is 2.40. The lowest BCUT2D eigenvalue weighted by Gasteiger charge is -2.22. The fourth-order valence-corrected chi connectivity index (χ4v) is 3.76. The van der Waals surface area contributed by atoms with Crippen molar-refractivity contribution >= 4 is 43.2 Å². The zero-order valence-electron chi connectivity index (χ0n) is 13.7. The lowest BCUT2D eigenvalue weighted by Crippen LogP contribution is -2.21. The Labute approximate surface area is 141 Å². The van der Waals surface area contributed by atoms with E-state index in [0.717, 1.165) is 17.6 Å². The van der Waals surface area contributed by atoms with Crippen LogP contribution in [0.25, 0.3) is 21.5 Å². The van der Waals surface area contributed by atoms with E-state index in [4.69, 9.17) is 0 Å². The highest BCUT2D eigenvalue weighted by molar-refractivity contribution is 9.10. The van der Waals surface area contributed by atoms with Crippen LogP contribution in [0.4, 0.5) is 5.69 Å². The number of hydrogen-bond acceptors (Lipinski definition) is 1. The average molecular weight is 356 g/mol. The van der Waals surface area contributed by atoms with Crippen LogP contribution in [-0.4, -0.2) is 13.1 Å². The van der Waals surface area contributed by atoms with Crippen molar-refractivity contribution in [1.29, 1.82) is 0 Å². The first-order valence-electron chi connectivity index (χ1n) is 7.94. The maximum atomic E-state index is 3.60. The minimum absolute atomic E-state index is 1.04. The molecule has 2 heteroatoms. The maximum Gasteiger partial charge on any atom is 0.0372 e. The fourth-order valence-electron chi connectivity index (χ4n) is 3.40. The predicted molar refractivity (Wildman–Crippen MR) is 102 cm³/mol. The summed E-state index contributed by atoms with van der Waals surface area (Å²) in [6.45, 7) is 11.0. The Balaban J connectivity index is 2.36. The molecular weight excluding hydrogens is 334 g/mol. The van der Waals surface area contributed by atoms with E-state index >= 15 is 0 Å². The molecule has 0 atom stereocenters. The summed E-state index contributed by atoms with van der Waals surface area (Å²) in [6.07, 6.45) is 0. The Morgan fingerprint density at radius 3 is 1.91 bits per heavy atom. The Bertz CT molecular complexity index is 847. The van der Waals surface area contributed by atoms with Crippen molar-refractivity contribution in [2.24, 2.45) is 0 Å². The molecule has 114 valence electrons. The van der Waals surface area contributed by atoms with Crippen molar-refractivity contribution in [1.82, 2.24) is 0 Å². The monoisotopic (exact) mass is 355 g/mol. The van der Waals surface area contributed by atoms with Crippen LogP contribution in [0.3, 0.4) is 0 Å². The Kier molecular flexibility index (Phi) is 4.14. The summed E-state index contributed by atoms with van der Waals surface area (Å²) in [5.41, 5.74) is 4.05. The zero-order chi connectivity index (χ0) is 15.9. The Hall–Kier alpha value is -1.54. The van der Waals surface area contributed by atoms with Gasteiger partial charge in [-0.2, -0.15) is 0 Å². The molecule has 0 heterocycles. The molecule has 22 heavy (non-hydrogen) atoms. The normalized spacial score (nSPS) is 11.3. The van der Waals surface area contributed by atoms with E-state index in [1.807, 2.05) is 0 Å². The molecule has 1 nitrogen and oxygen atoms in total. The molecule has 0 N–H and O–H groups in total. The van der Waals surface area contributed by atoms with Gasteiger partial charge in [0.15, 0.2) is 0 Å². The third-order valence-electron chi connectivity index (χ3n) is 4.73. The standard InChI is InChI=1S/C20H22BrN/c1-5-22(6-2)16-8-10-18-13(3)19-11-15(21)7-9-17(19)14(4)20(18)12-16/h7-12H,5-6H2,1-4H3. The summed E-state index contributed by atoms with van der Waals surface area (Å²) in [6, 6.07) is 13.5. The number of hydrogen-bond donors (Lipinski definition) is 0. The largest absolute Gasteiger partial charge is 0.372 e. The SMILES string of the molecule is CCN(CC)c1ccc2c(C)c3cc(Br)ccc3c(C)c2c1. The zero-order valence-corrected chi connectivity index (χ0v) is 15.3. The molecule has 0 aliphatic carbocycles. The van der Waals surface area contributed by atoms with Gasteiger partial charge in [0.25, 0.3) is 0 Å². The molecule has 3 aromatic carbocycles. The molecule has 0 amide bonds. The molecule has 3 aromatic rings. The number of benzene rings is 3. The van der Waals surface area contributed by atoms with Gasteiger partial charge in [-0.1, -0.05) is 28.1 Å². The molecule has 3 rings (SSSR count). The van der Waals surface area contributed by atoms with E-state index in [9.17, 15) is 0 Å². The van der Waals surface area contributed by atoms with Crippen molar-refractivity contribution in [2.45, 2.75) is 27.7 Å². The highest BCUT2D eigenvalue weighted by atomic mass is 79.9. The highest BCUT2D eigenvalue weighted by Crippen LogP contribution is 2.35. The molecule has 0 saturated heterocycles. The van der Waals surface area contributed by atoms with Crippen LogP contribution in [0, 0.1) is 13.8 Å². The van der Waals surface area contributed by atoms with Crippen molar-refractivity contribution < 1.29 is 0 Å². The second-order valence-corrected chi connectivity index (χ2v) is 6.76. The van der Waals surface area contributed by atoms with Crippen molar-refractivity contribution in [2.75, 3.05) is 18.0 Å². The van der Waals surface area contributed by atoms with Crippen molar-refractivity contribution in [3.63, 3.8) is 0 Å². The average Bonchev–Trinajstić information content (AvgIpc) is 2.53. The summed E-state index contributed by atoms with van der Waals surface area (Å²) in [5.74, 6) is 0. The van der Waals surface area contributed by atoms with Crippen LogP contribution in [0.5, 0.6) is 0 Å². The predicted octanol–water partition coefficient (Wildman–Crippen LogP) is 6.22. The lowest BCUT2D eigenvalue weighted by atomic mass is 9.93. The molecule has 0 radical (unpaired) electrons. The topological polar surface area (TPSA) is 3.24 Å². The molecule has 0 bridgehead atoms. The molecule has 0 spiro atoms. The van der Waals surface area contributed by atoms with Gasteiger partial charge >= 0.3 is 0 Å². The highest BCUT2D eigenvalue weighted by Gasteiger charge is 2.11. The number of anilines is 1. The third-order valence-corrected chi connectivity index (χ3v) is 5.22. The van der Waals surface area contributed by atoms with Gasteiger partial charge in [0.05, 0.1) is 0 Å².